The first kappa shape index (κ1) is 16.8. The largest absolute Gasteiger partial charge is 0.391 e. The van der Waals surface area contributed by atoms with Crippen LogP contribution in [0, 0.1) is 5.92 Å². The Balaban J connectivity index is 1.79. The van der Waals surface area contributed by atoms with Gasteiger partial charge in [0.2, 0.25) is 0 Å². The van der Waals surface area contributed by atoms with Gasteiger partial charge in [0.15, 0.2) is 0 Å². The average Bonchev–Trinajstić information content (AvgIpc) is 2.45. The van der Waals surface area contributed by atoms with Crippen LogP contribution in [0.4, 0.5) is 13.2 Å². The van der Waals surface area contributed by atoms with Crippen LogP contribution in [-0.4, -0.2) is 30.7 Å². The number of nitrogens with two attached hydrogens (primary N) is 1. The maximum Gasteiger partial charge on any atom is 0.391 e. The molecule has 1 saturated heterocycles. The Labute approximate surface area is 131 Å². The summed E-state index contributed by atoms with van der Waals surface area (Å²) in [6.45, 7) is 1.76. The monoisotopic (exact) mass is 364 g/mol. The van der Waals surface area contributed by atoms with Gasteiger partial charge >= 0.3 is 6.18 Å². The molecule has 0 radical (unpaired) electrons. The lowest BCUT2D eigenvalue weighted by Gasteiger charge is -2.33. The maximum atomic E-state index is 12.6. The predicted molar refractivity (Wildman–Crippen MR) is 80.9 cm³/mol. The number of benzene rings is 1. The van der Waals surface area contributed by atoms with Crippen molar-refractivity contribution in [1.29, 1.82) is 0 Å². The van der Waals surface area contributed by atoms with Crippen LogP contribution in [0.2, 0.25) is 0 Å². The van der Waals surface area contributed by atoms with Crippen LogP contribution in [0.25, 0.3) is 0 Å². The molecule has 1 atom stereocenters. The van der Waals surface area contributed by atoms with Crippen LogP contribution in [-0.2, 0) is 0 Å². The molecule has 0 aliphatic carbocycles. The van der Waals surface area contributed by atoms with E-state index in [9.17, 15) is 13.2 Å². The molecule has 0 amide bonds. The summed E-state index contributed by atoms with van der Waals surface area (Å²) in [4.78, 5) is 2.08. The van der Waals surface area contributed by atoms with Crippen molar-refractivity contribution in [3.05, 3.63) is 34.3 Å². The van der Waals surface area contributed by atoms with Crippen LogP contribution in [0.5, 0.6) is 0 Å². The molecular weight excluding hydrogens is 345 g/mol. The average molecular weight is 365 g/mol. The van der Waals surface area contributed by atoms with Gasteiger partial charge in [-0.15, -0.1) is 0 Å². The van der Waals surface area contributed by atoms with E-state index in [0.717, 1.165) is 23.0 Å². The molecule has 0 aromatic heterocycles. The second kappa shape index (κ2) is 7.11. The van der Waals surface area contributed by atoms with Gasteiger partial charge in [-0.1, -0.05) is 34.1 Å². The van der Waals surface area contributed by atoms with Crippen molar-refractivity contribution >= 4 is 15.9 Å². The number of piperidine rings is 1. The van der Waals surface area contributed by atoms with Crippen LogP contribution in [0.3, 0.4) is 0 Å². The zero-order valence-electron chi connectivity index (χ0n) is 11.7. The molecule has 1 aromatic rings. The van der Waals surface area contributed by atoms with Crippen LogP contribution in [0.1, 0.15) is 30.9 Å². The lowest BCUT2D eigenvalue weighted by atomic mass is 9.95. The summed E-state index contributed by atoms with van der Waals surface area (Å²) in [6, 6.07) is 7.70. The smallest absolute Gasteiger partial charge is 0.324 e. The summed E-state index contributed by atoms with van der Waals surface area (Å²) in [7, 11) is 0. The van der Waals surface area contributed by atoms with Gasteiger partial charge in [-0.2, -0.15) is 13.2 Å². The van der Waals surface area contributed by atoms with Crippen molar-refractivity contribution < 1.29 is 13.2 Å². The highest BCUT2D eigenvalue weighted by atomic mass is 79.9. The van der Waals surface area contributed by atoms with Gasteiger partial charge in [0, 0.05) is 10.5 Å². The molecule has 1 heterocycles. The molecule has 0 spiro atoms. The summed E-state index contributed by atoms with van der Waals surface area (Å²) in [5.41, 5.74) is 7.22. The zero-order chi connectivity index (χ0) is 15.5. The number of alkyl halides is 3. The zero-order valence-corrected chi connectivity index (χ0v) is 13.3. The van der Waals surface area contributed by atoms with Crippen LogP contribution < -0.4 is 5.73 Å². The van der Waals surface area contributed by atoms with Gasteiger partial charge in [-0.05, 0) is 50.5 Å². The lowest BCUT2D eigenvalue weighted by Crippen LogP contribution is -2.40. The number of nitrogens with zero attached hydrogens (tertiary/aromatic N) is 1. The standard InChI is InChI=1S/C15H20BrF3N2/c16-13-4-2-1-3-12(13)14(20)7-10-21-8-5-11(6-9-21)15(17,18)19/h1-4,11,14H,5-10,20H2. The molecule has 1 aliphatic rings. The fourth-order valence-electron chi connectivity index (χ4n) is 2.74. The van der Waals surface area contributed by atoms with Crippen LogP contribution >= 0.6 is 15.9 Å². The second-order valence-electron chi connectivity index (χ2n) is 5.57. The van der Waals surface area contributed by atoms with Gasteiger partial charge in [-0.3, -0.25) is 0 Å². The Morgan fingerprint density at radius 3 is 2.43 bits per heavy atom. The SMILES string of the molecule is NC(CCN1CCC(C(F)(F)F)CC1)c1ccccc1Br. The molecule has 21 heavy (non-hydrogen) atoms. The highest BCUT2D eigenvalue weighted by molar-refractivity contribution is 9.10. The normalized spacial score (nSPS) is 19.7. The molecule has 2 N–H and O–H groups in total. The molecule has 1 unspecified atom stereocenters. The summed E-state index contributed by atoms with van der Waals surface area (Å²) >= 11 is 3.47. The Kier molecular flexibility index (Phi) is 5.68. The summed E-state index contributed by atoms with van der Waals surface area (Å²) in [5, 5.41) is 0. The van der Waals surface area contributed by atoms with Gasteiger partial charge in [-0.25, -0.2) is 0 Å². The van der Waals surface area contributed by atoms with Gasteiger partial charge < -0.3 is 10.6 Å². The Hall–Kier alpha value is -0.590. The predicted octanol–water partition coefficient (Wildman–Crippen LogP) is 4.11. The molecule has 0 bridgehead atoms. The van der Waals surface area contributed by atoms with Crippen molar-refractivity contribution in [2.45, 2.75) is 31.5 Å². The fraction of sp³-hybridized carbons (Fsp3) is 0.600. The van der Waals surface area contributed by atoms with E-state index in [4.69, 9.17) is 5.73 Å². The number of hydrogen-bond donors (Lipinski definition) is 1. The number of halogens is 4. The Bertz CT molecular complexity index is 456. The van der Waals surface area contributed by atoms with E-state index in [1.165, 1.54) is 0 Å². The van der Waals surface area contributed by atoms with Crippen molar-refractivity contribution in [2.24, 2.45) is 11.7 Å². The Morgan fingerprint density at radius 1 is 1.24 bits per heavy atom. The summed E-state index contributed by atoms with van der Waals surface area (Å²) in [6.07, 6.45) is -2.89. The highest BCUT2D eigenvalue weighted by Gasteiger charge is 2.40. The third-order valence-corrected chi connectivity index (χ3v) is 4.83. The van der Waals surface area contributed by atoms with Crippen molar-refractivity contribution in [3.63, 3.8) is 0 Å². The van der Waals surface area contributed by atoms with Crippen LogP contribution in [0.15, 0.2) is 28.7 Å². The first-order valence-electron chi connectivity index (χ1n) is 7.17. The molecule has 2 rings (SSSR count). The number of hydrogen-bond acceptors (Lipinski definition) is 2. The molecule has 1 aliphatic heterocycles. The molecule has 2 nitrogen and oxygen atoms in total. The summed E-state index contributed by atoms with van der Waals surface area (Å²) < 4.78 is 38.8. The first-order valence-corrected chi connectivity index (χ1v) is 7.96. The van der Waals surface area contributed by atoms with E-state index in [1.807, 2.05) is 24.3 Å². The van der Waals surface area contributed by atoms with E-state index in [2.05, 4.69) is 20.8 Å². The van der Waals surface area contributed by atoms with Gasteiger partial charge in [0.1, 0.15) is 0 Å². The van der Waals surface area contributed by atoms with Crippen molar-refractivity contribution in [2.75, 3.05) is 19.6 Å². The van der Waals surface area contributed by atoms with Gasteiger partial charge in [0.25, 0.3) is 0 Å². The van der Waals surface area contributed by atoms with E-state index in [1.54, 1.807) is 0 Å². The van der Waals surface area contributed by atoms with Crippen molar-refractivity contribution in [1.82, 2.24) is 4.90 Å². The fourth-order valence-corrected chi connectivity index (χ4v) is 3.32. The number of rotatable bonds is 4. The molecule has 1 aromatic carbocycles. The minimum absolute atomic E-state index is 0.0964. The summed E-state index contributed by atoms with van der Waals surface area (Å²) in [5.74, 6) is -1.13. The quantitative estimate of drug-likeness (QED) is 0.870. The van der Waals surface area contributed by atoms with Crippen molar-refractivity contribution in [3.8, 4) is 0 Å². The molecule has 0 saturated carbocycles. The lowest BCUT2D eigenvalue weighted by molar-refractivity contribution is -0.185. The van der Waals surface area contributed by atoms with E-state index >= 15 is 0 Å². The molecule has 118 valence electrons. The third kappa shape index (κ3) is 4.69. The first-order chi connectivity index (χ1) is 9.88. The minimum atomic E-state index is -4.04. The topological polar surface area (TPSA) is 29.3 Å². The second-order valence-corrected chi connectivity index (χ2v) is 6.43. The minimum Gasteiger partial charge on any atom is -0.324 e. The molecule has 1 fully saturated rings. The van der Waals surface area contributed by atoms with E-state index < -0.39 is 12.1 Å². The Morgan fingerprint density at radius 2 is 1.86 bits per heavy atom. The third-order valence-electron chi connectivity index (χ3n) is 4.11. The van der Waals surface area contributed by atoms with E-state index in [0.29, 0.717) is 13.1 Å². The molecular formula is C15H20BrF3N2. The van der Waals surface area contributed by atoms with E-state index in [-0.39, 0.29) is 18.9 Å². The maximum absolute atomic E-state index is 12.6. The van der Waals surface area contributed by atoms with Gasteiger partial charge in [0.05, 0.1) is 5.92 Å². The number of likely N-dealkylation sites (tertiary alicyclic amines) is 1. The molecule has 6 heteroatoms. The highest BCUT2D eigenvalue weighted by Crippen LogP contribution is 2.34.